The van der Waals surface area contributed by atoms with Crippen LogP contribution >= 0.6 is 23.2 Å². The maximum absolute atomic E-state index is 11.7. The molecule has 0 radical (unpaired) electrons. The minimum Gasteiger partial charge on any atom is -0.484 e. The van der Waals surface area contributed by atoms with Crippen LogP contribution in [0.3, 0.4) is 0 Å². The number of amides is 1. The molecule has 144 valence electrons. The Labute approximate surface area is 171 Å². The predicted octanol–water partition coefficient (Wildman–Crippen LogP) is 3.57. The number of anilines is 1. The van der Waals surface area contributed by atoms with Crippen LogP contribution in [0.4, 0.5) is 5.69 Å². The number of nitrogens with one attached hydrogen (secondary N) is 2. The third kappa shape index (κ3) is 9.23. The van der Waals surface area contributed by atoms with Crippen molar-refractivity contribution in [3.63, 3.8) is 0 Å². The van der Waals surface area contributed by atoms with Gasteiger partial charge in [-0.3, -0.25) is 4.79 Å². The summed E-state index contributed by atoms with van der Waals surface area (Å²) >= 11 is 11.0. The number of carbonyl (C=O) groups is 1. The van der Waals surface area contributed by atoms with Crippen molar-refractivity contribution >= 4 is 52.4 Å². The van der Waals surface area contributed by atoms with Crippen LogP contribution in [-0.4, -0.2) is 34.5 Å². The minimum absolute atomic E-state index is 0.0283. The number of ether oxygens (including phenoxy) is 1. The van der Waals surface area contributed by atoms with Gasteiger partial charge in [0.05, 0.1) is 10.0 Å². The van der Waals surface area contributed by atoms with Crippen LogP contribution in [-0.2, 0) is 16.4 Å². The molecule has 0 saturated heterocycles. The van der Waals surface area contributed by atoms with Crippen molar-refractivity contribution in [3.8, 4) is 5.75 Å². The number of rotatable bonds is 7. The molecule has 9 heteroatoms. The van der Waals surface area contributed by atoms with E-state index in [-0.39, 0.29) is 12.5 Å². The van der Waals surface area contributed by atoms with Crippen molar-refractivity contribution < 1.29 is 17.9 Å². The molecule has 1 amide bonds. The van der Waals surface area contributed by atoms with Gasteiger partial charge in [-0.1, -0.05) is 41.4 Å². The van der Waals surface area contributed by atoms with Gasteiger partial charge in [-0.05, 0) is 42.0 Å². The first-order chi connectivity index (χ1) is 13.0. The van der Waals surface area contributed by atoms with E-state index in [1.165, 1.54) is 0 Å². The van der Waals surface area contributed by atoms with Crippen LogP contribution in [0.5, 0.6) is 5.75 Å². The Balaban J connectivity index is 0.00000114. The summed E-state index contributed by atoms with van der Waals surface area (Å²) < 4.78 is 22.0. The van der Waals surface area contributed by atoms with E-state index in [1.807, 2.05) is 49.5 Å². The maximum Gasteiger partial charge on any atom is 0.335 e. The normalized spacial score (nSPS) is 9.89. The molecule has 0 aromatic heterocycles. The topological polar surface area (TPSA) is 84.5 Å². The Kier molecular flexibility index (Phi) is 10.9. The molecule has 2 rings (SSSR count). The number of benzene rings is 2. The Morgan fingerprint density at radius 2 is 1.78 bits per heavy atom. The van der Waals surface area contributed by atoms with Gasteiger partial charge in [0.1, 0.15) is 5.75 Å². The summed E-state index contributed by atoms with van der Waals surface area (Å²) in [6.45, 7) is 0.376. The molecule has 2 aromatic carbocycles. The van der Waals surface area contributed by atoms with Gasteiger partial charge in [-0.2, -0.15) is 8.42 Å². The lowest BCUT2D eigenvalue weighted by Gasteiger charge is -2.07. The first-order valence-corrected chi connectivity index (χ1v) is 9.13. The van der Waals surface area contributed by atoms with E-state index in [2.05, 4.69) is 10.6 Å². The molecule has 0 unspecified atom stereocenters. The highest BCUT2D eigenvalue weighted by atomic mass is 35.5. The van der Waals surface area contributed by atoms with Gasteiger partial charge < -0.3 is 15.4 Å². The molecule has 2 N–H and O–H groups in total. The van der Waals surface area contributed by atoms with Crippen molar-refractivity contribution in [1.82, 2.24) is 5.32 Å². The van der Waals surface area contributed by atoms with Gasteiger partial charge in [0.2, 0.25) is 0 Å². The molecular formula is C18H18Cl2N2O4S. The third-order valence-electron chi connectivity index (χ3n) is 3.18. The Hall–Kier alpha value is -2.35. The predicted molar refractivity (Wildman–Crippen MR) is 109 cm³/mol. The SMILES string of the molecule is CNc1ccc(OCC(=O)NC/C=C/c2ccc(Cl)c(Cl)c2)cc1.O=S=O. The number of hydrogen-bond acceptors (Lipinski definition) is 5. The van der Waals surface area contributed by atoms with Crippen molar-refractivity contribution in [3.05, 3.63) is 64.1 Å². The minimum atomic E-state index is -0.750. The van der Waals surface area contributed by atoms with Gasteiger partial charge in [0.15, 0.2) is 6.61 Å². The fourth-order valence-corrected chi connectivity index (χ4v) is 2.21. The van der Waals surface area contributed by atoms with E-state index in [4.69, 9.17) is 36.4 Å². The molecule has 0 fully saturated rings. The van der Waals surface area contributed by atoms with Crippen LogP contribution in [0.2, 0.25) is 10.0 Å². The molecule has 0 heterocycles. The molecule has 0 spiro atoms. The Morgan fingerprint density at radius 1 is 1.11 bits per heavy atom. The average molecular weight is 429 g/mol. The third-order valence-corrected chi connectivity index (χ3v) is 3.92. The molecule has 2 aromatic rings. The number of hydrogen-bond donors (Lipinski definition) is 2. The largest absolute Gasteiger partial charge is 0.484 e. The summed E-state index contributed by atoms with van der Waals surface area (Å²) in [4.78, 5) is 11.7. The lowest BCUT2D eigenvalue weighted by atomic mass is 10.2. The van der Waals surface area contributed by atoms with E-state index >= 15 is 0 Å². The second kappa shape index (κ2) is 12.9. The highest BCUT2D eigenvalue weighted by molar-refractivity contribution is 7.51. The lowest BCUT2D eigenvalue weighted by molar-refractivity contribution is -0.122. The molecule has 0 aliphatic heterocycles. The summed E-state index contributed by atoms with van der Waals surface area (Å²) in [5.41, 5.74) is 1.90. The van der Waals surface area contributed by atoms with Crippen LogP contribution in [0.15, 0.2) is 48.5 Å². The van der Waals surface area contributed by atoms with Crippen molar-refractivity contribution in [2.45, 2.75) is 0 Å². The fourth-order valence-electron chi connectivity index (χ4n) is 1.90. The number of carbonyl (C=O) groups excluding carboxylic acids is 1. The Bertz CT molecular complexity index is 808. The highest BCUT2D eigenvalue weighted by Crippen LogP contribution is 2.23. The van der Waals surface area contributed by atoms with Crippen molar-refractivity contribution in [2.24, 2.45) is 0 Å². The van der Waals surface area contributed by atoms with E-state index < -0.39 is 11.6 Å². The summed E-state index contributed by atoms with van der Waals surface area (Å²) in [6, 6.07) is 12.7. The monoisotopic (exact) mass is 428 g/mol. The molecular weight excluding hydrogens is 411 g/mol. The zero-order valence-electron chi connectivity index (χ0n) is 14.4. The van der Waals surface area contributed by atoms with E-state index in [9.17, 15) is 4.79 Å². The lowest BCUT2D eigenvalue weighted by Crippen LogP contribution is -2.28. The van der Waals surface area contributed by atoms with Crippen LogP contribution < -0.4 is 15.4 Å². The standard InChI is InChI=1S/C18H18Cl2N2O2.O2S/c1-21-14-5-7-15(8-6-14)24-12-18(23)22-10-2-3-13-4-9-16(19)17(20)11-13;1-3-2/h2-9,11,21H,10,12H2,1H3,(H,22,23);/b3-2+;. The molecule has 0 aliphatic rings. The molecule has 0 aliphatic carbocycles. The Morgan fingerprint density at radius 3 is 2.37 bits per heavy atom. The maximum atomic E-state index is 11.7. The average Bonchev–Trinajstić information content (AvgIpc) is 2.67. The van der Waals surface area contributed by atoms with Crippen molar-refractivity contribution in [2.75, 3.05) is 25.5 Å². The summed E-state index contributed by atoms with van der Waals surface area (Å²) in [5.74, 6) is 0.460. The number of halogens is 2. The highest BCUT2D eigenvalue weighted by Gasteiger charge is 2.01. The molecule has 0 saturated carbocycles. The summed E-state index contributed by atoms with van der Waals surface area (Å²) in [6.07, 6.45) is 3.69. The van der Waals surface area contributed by atoms with Gasteiger partial charge in [-0.15, -0.1) is 0 Å². The molecule has 27 heavy (non-hydrogen) atoms. The fraction of sp³-hybridized carbons (Fsp3) is 0.167. The van der Waals surface area contributed by atoms with E-state index in [1.54, 1.807) is 12.1 Å². The van der Waals surface area contributed by atoms with Crippen LogP contribution in [0.25, 0.3) is 6.08 Å². The second-order valence-electron chi connectivity index (χ2n) is 5.01. The van der Waals surface area contributed by atoms with Crippen molar-refractivity contribution in [1.29, 1.82) is 0 Å². The molecule has 0 atom stereocenters. The van der Waals surface area contributed by atoms with Crippen LogP contribution in [0.1, 0.15) is 5.56 Å². The van der Waals surface area contributed by atoms with E-state index in [0.29, 0.717) is 22.3 Å². The summed E-state index contributed by atoms with van der Waals surface area (Å²) in [5, 5.41) is 6.78. The zero-order chi connectivity index (χ0) is 20.1. The quantitative estimate of drug-likeness (QED) is 0.703. The van der Waals surface area contributed by atoms with E-state index in [0.717, 1.165) is 11.3 Å². The zero-order valence-corrected chi connectivity index (χ0v) is 16.7. The van der Waals surface area contributed by atoms with Gasteiger partial charge >= 0.3 is 11.6 Å². The molecule has 0 bridgehead atoms. The van der Waals surface area contributed by atoms with Gasteiger partial charge in [0.25, 0.3) is 5.91 Å². The first-order valence-electron chi connectivity index (χ1n) is 7.70. The molecule has 6 nitrogen and oxygen atoms in total. The first kappa shape index (κ1) is 22.7. The second-order valence-corrected chi connectivity index (χ2v) is 5.96. The van der Waals surface area contributed by atoms with Gasteiger partial charge in [-0.25, -0.2) is 0 Å². The van der Waals surface area contributed by atoms with Crippen LogP contribution in [0, 0.1) is 0 Å². The smallest absolute Gasteiger partial charge is 0.335 e. The summed E-state index contributed by atoms with van der Waals surface area (Å²) in [7, 11) is 1.84. The van der Waals surface area contributed by atoms with Gasteiger partial charge in [0, 0.05) is 19.3 Å².